The van der Waals surface area contributed by atoms with Crippen LogP contribution in [0.25, 0.3) is 10.9 Å². The van der Waals surface area contributed by atoms with E-state index in [1.54, 1.807) is 10.9 Å². The molecule has 0 radical (unpaired) electrons. The Balaban J connectivity index is 2.22. The van der Waals surface area contributed by atoms with Crippen LogP contribution in [0, 0.1) is 5.41 Å². The number of aryl methyl sites for hydroxylation is 1. The number of hydrogen-bond acceptors (Lipinski definition) is 5. The molecule has 20 heavy (non-hydrogen) atoms. The fourth-order valence-electron chi connectivity index (χ4n) is 1.89. The number of nitrogens with two attached hydrogens (primary N) is 1. The van der Waals surface area contributed by atoms with Crippen molar-refractivity contribution < 1.29 is 0 Å². The average molecular weight is 284 g/mol. The van der Waals surface area contributed by atoms with Crippen molar-refractivity contribution in [2.24, 2.45) is 12.8 Å². The van der Waals surface area contributed by atoms with E-state index in [1.807, 2.05) is 31.3 Å². The molecule has 3 N–H and O–H groups in total. The van der Waals surface area contributed by atoms with Crippen LogP contribution in [0.5, 0.6) is 0 Å². The summed E-state index contributed by atoms with van der Waals surface area (Å²) in [7, 11) is 1.83. The lowest BCUT2D eigenvalue weighted by Crippen LogP contribution is -2.13. The second-order valence-electron chi connectivity index (χ2n) is 4.20. The molecule has 0 amide bonds. The topological polar surface area (TPSA) is 93.5 Å². The van der Waals surface area contributed by atoms with Crippen LogP contribution in [0.3, 0.4) is 0 Å². The standard InChI is InChI=1S/C13H12N6S/c1-19-13(17-7-18-19)20-11-8-4-2-3-5-10(8)16-6-9(11)12(14)15/h2-7H,1H3,(H3,14,15). The Labute approximate surface area is 119 Å². The summed E-state index contributed by atoms with van der Waals surface area (Å²) in [4.78, 5) is 9.41. The van der Waals surface area contributed by atoms with E-state index in [2.05, 4.69) is 15.1 Å². The molecular weight excluding hydrogens is 272 g/mol. The lowest BCUT2D eigenvalue weighted by molar-refractivity contribution is 0.685. The van der Waals surface area contributed by atoms with Gasteiger partial charge >= 0.3 is 0 Å². The summed E-state index contributed by atoms with van der Waals surface area (Å²) < 4.78 is 1.68. The first-order chi connectivity index (χ1) is 9.66. The zero-order valence-electron chi connectivity index (χ0n) is 10.7. The number of benzene rings is 1. The molecule has 0 fully saturated rings. The van der Waals surface area contributed by atoms with E-state index < -0.39 is 0 Å². The monoisotopic (exact) mass is 284 g/mol. The fourth-order valence-corrected chi connectivity index (χ4v) is 2.90. The van der Waals surface area contributed by atoms with Gasteiger partial charge in [0.15, 0.2) is 5.16 Å². The predicted octanol–water partition coefficient (Wildman–Crippen LogP) is 1.80. The SMILES string of the molecule is Cn1ncnc1Sc1c(C(=N)N)cnc2ccccc12. The van der Waals surface area contributed by atoms with Gasteiger partial charge in [0.25, 0.3) is 0 Å². The number of nitrogen functional groups attached to an aromatic ring is 1. The average Bonchev–Trinajstić information content (AvgIpc) is 2.84. The summed E-state index contributed by atoms with van der Waals surface area (Å²) in [5.74, 6) is -0.00655. The largest absolute Gasteiger partial charge is 0.384 e. The van der Waals surface area contributed by atoms with Gasteiger partial charge in [-0.3, -0.25) is 10.4 Å². The minimum Gasteiger partial charge on any atom is -0.384 e. The summed E-state index contributed by atoms with van der Waals surface area (Å²) in [6.45, 7) is 0. The van der Waals surface area contributed by atoms with Crippen molar-refractivity contribution in [3.05, 3.63) is 42.4 Å². The molecule has 0 aliphatic rings. The van der Waals surface area contributed by atoms with Gasteiger partial charge in [-0.05, 0) is 17.8 Å². The van der Waals surface area contributed by atoms with E-state index >= 15 is 0 Å². The molecule has 0 aliphatic heterocycles. The number of rotatable bonds is 3. The summed E-state index contributed by atoms with van der Waals surface area (Å²) in [5.41, 5.74) is 7.13. The Hall–Kier alpha value is -2.41. The van der Waals surface area contributed by atoms with Crippen LogP contribution < -0.4 is 5.73 Å². The molecule has 0 saturated heterocycles. The Bertz CT molecular complexity index is 794. The maximum absolute atomic E-state index is 7.72. The maximum atomic E-state index is 7.72. The van der Waals surface area contributed by atoms with Crippen molar-refractivity contribution in [3.63, 3.8) is 0 Å². The van der Waals surface area contributed by atoms with Crippen molar-refractivity contribution in [3.8, 4) is 0 Å². The van der Waals surface area contributed by atoms with E-state index in [4.69, 9.17) is 11.1 Å². The first-order valence-corrected chi connectivity index (χ1v) is 6.72. The highest BCUT2D eigenvalue weighted by molar-refractivity contribution is 7.99. The van der Waals surface area contributed by atoms with Crippen LogP contribution >= 0.6 is 11.8 Å². The summed E-state index contributed by atoms with van der Waals surface area (Å²) >= 11 is 1.43. The zero-order chi connectivity index (χ0) is 14.1. The van der Waals surface area contributed by atoms with Crippen LogP contribution in [-0.4, -0.2) is 25.6 Å². The smallest absolute Gasteiger partial charge is 0.190 e. The number of aromatic nitrogens is 4. The number of fused-ring (bicyclic) bond motifs is 1. The molecule has 2 heterocycles. The van der Waals surface area contributed by atoms with Gasteiger partial charge in [0.2, 0.25) is 0 Å². The van der Waals surface area contributed by atoms with Crippen LogP contribution in [0.1, 0.15) is 5.56 Å². The quantitative estimate of drug-likeness (QED) is 0.565. The van der Waals surface area contributed by atoms with Gasteiger partial charge < -0.3 is 5.73 Å². The van der Waals surface area contributed by atoms with Gasteiger partial charge in [0, 0.05) is 29.1 Å². The molecule has 7 heteroatoms. The van der Waals surface area contributed by atoms with Crippen LogP contribution in [0.4, 0.5) is 0 Å². The van der Waals surface area contributed by atoms with Crippen molar-refractivity contribution in [1.29, 1.82) is 5.41 Å². The first kappa shape index (κ1) is 12.6. The molecule has 100 valence electrons. The minimum absolute atomic E-state index is 0.00655. The minimum atomic E-state index is -0.00655. The Morgan fingerprint density at radius 2 is 2.10 bits per heavy atom. The Morgan fingerprint density at radius 3 is 2.80 bits per heavy atom. The molecule has 0 aliphatic carbocycles. The van der Waals surface area contributed by atoms with Gasteiger partial charge in [-0.1, -0.05) is 18.2 Å². The number of para-hydroxylation sites is 1. The van der Waals surface area contributed by atoms with Crippen LogP contribution in [-0.2, 0) is 7.05 Å². The van der Waals surface area contributed by atoms with Gasteiger partial charge in [-0.15, -0.1) is 0 Å². The van der Waals surface area contributed by atoms with Gasteiger partial charge in [-0.2, -0.15) is 5.10 Å². The van der Waals surface area contributed by atoms with E-state index in [1.165, 1.54) is 18.1 Å². The summed E-state index contributed by atoms with van der Waals surface area (Å²) in [6.07, 6.45) is 3.13. The normalized spacial score (nSPS) is 10.8. The van der Waals surface area contributed by atoms with E-state index in [-0.39, 0.29) is 5.84 Å². The molecule has 3 aromatic rings. The zero-order valence-corrected chi connectivity index (χ0v) is 11.6. The van der Waals surface area contributed by atoms with Crippen molar-refractivity contribution in [1.82, 2.24) is 19.7 Å². The third kappa shape index (κ3) is 2.12. The maximum Gasteiger partial charge on any atom is 0.190 e. The molecule has 2 aromatic heterocycles. The summed E-state index contributed by atoms with van der Waals surface area (Å²) in [5, 5.41) is 13.5. The highest BCUT2D eigenvalue weighted by Gasteiger charge is 2.14. The molecule has 6 nitrogen and oxygen atoms in total. The van der Waals surface area contributed by atoms with E-state index in [9.17, 15) is 0 Å². The number of hydrogen-bond donors (Lipinski definition) is 2. The van der Waals surface area contributed by atoms with Crippen LogP contribution in [0.15, 0.2) is 46.8 Å². The van der Waals surface area contributed by atoms with E-state index in [0.717, 1.165) is 21.0 Å². The molecule has 0 bridgehead atoms. The van der Waals surface area contributed by atoms with Crippen LogP contribution in [0.2, 0.25) is 0 Å². The van der Waals surface area contributed by atoms with Gasteiger partial charge in [0.05, 0.1) is 5.52 Å². The Kier molecular flexibility index (Phi) is 3.11. The lowest BCUT2D eigenvalue weighted by atomic mass is 10.1. The van der Waals surface area contributed by atoms with Crippen molar-refractivity contribution in [2.45, 2.75) is 10.1 Å². The Morgan fingerprint density at radius 1 is 1.30 bits per heavy atom. The highest BCUT2D eigenvalue weighted by Crippen LogP contribution is 2.34. The molecule has 3 rings (SSSR count). The van der Waals surface area contributed by atoms with Gasteiger partial charge in [0.1, 0.15) is 12.2 Å². The molecule has 0 spiro atoms. The van der Waals surface area contributed by atoms with Crippen molar-refractivity contribution in [2.75, 3.05) is 0 Å². The second-order valence-corrected chi connectivity index (χ2v) is 5.18. The predicted molar refractivity (Wildman–Crippen MR) is 77.9 cm³/mol. The molecule has 0 atom stereocenters. The molecule has 0 unspecified atom stereocenters. The third-order valence-corrected chi connectivity index (χ3v) is 4.08. The summed E-state index contributed by atoms with van der Waals surface area (Å²) in [6, 6.07) is 7.77. The van der Waals surface area contributed by atoms with Gasteiger partial charge in [-0.25, -0.2) is 9.67 Å². The number of pyridine rings is 1. The van der Waals surface area contributed by atoms with Crippen molar-refractivity contribution >= 4 is 28.5 Å². The lowest BCUT2D eigenvalue weighted by Gasteiger charge is -2.10. The van der Waals surface area contributed by atoms with E-state index in [0.29, 0.717) is 5.56 Å². The first-order valence-electron chi connectivity index (χ1n) is 5.91. The highest BCUT2D eigenvalue weighted by atomic mass is 32.2. The second kappa shape index (κ2) is 4.93. The number of amidine groups is 1. The number of nitrogens with zero attached hydrogens (tertiary/aromatic N) is 4. The fraction of sp³-hybridized carbons (Fsp3) is 0.0769. The number of nitrogens with one attached hydrogen (secondary N) is 1. The molecule has 0 saturated carbocycles. The molecular formula is C13H12N6S. The molecule has 1 aromatic carbocycles. The third-order valence-electron chi connectivity index (χ3n) is 2.88.